The number of hydrogen-bond acceptors (Lipinski definition) is 2. The second kappa shape index (κ2) is 6.23. The van der Waals surface area contributed by atoms with E-state index in [1.165, 1.54) is 27.4 Å². The summed E-state index contributed by atoms with van der Waals surface area (Å²) in [6.45, 7) is 3.08. The van der Waals surface area contributed by atoms with E-state index >= 15 is 0 Å². The molecule has 0 radical (unpaired) electrons. The fourth-order valence-electron chi connectivity index (χ4n) is 4.17. The van der Waals surface area contributed by atoms with Gasteiger partial charge >= 0.3 is 0 Å². The highest BCUT2D eigenvalue weighted by molar-refractivity contribution is 6.10. The number of fused-ring (bicyclic) bond motifs is 3. The maximum absolute atomic E-state index is 12.7. The van der Waals surface area contributed by atoms with Crippen molar-refractivity contribution in [3.63, 3.8) is 0 Å². The van der Waals surface area contributed by atoms with Crippen LogP contribution in [0.2, 0.25) is 0 Å². The number of amides is 1. The number of rotatable bonds is 4. The van der Waals surface area contributed by atoms with Gasteiger partial charge in [-0.3, -0.25) is 9.78 Å². The lowest BCUT2D eigenvalue weighted by molar-refractivity contribution is -0.117. The number of carbonyl (C=O) groups excluding carboxylic acids is 1. The second-order valence-electron chi connectivity index (χ2n) is 7.21. The molecule has 0 bridgehead atoms. The predicted octanol–water partition coefficient (Wildman–Crippen LogP) is 4.95. The van der Waals surface area contributed by atoms with E-state index in [0.29, 0.717) is 5.92 Å². The zero-order valence-electron chi connectivity index (χ0n) is 15.2. The van der Waals surface area contributed by atoms with Crippen molar-refractivity contribution in [1.82, 2.24) is 9.55 Å². The van der Waals surface area contributed by atoms with Gasteiger partial charge in [-0.1, -0.05) is 18.2 Å². The molecule has 4 aromatic rings. The van der Waals surface area contributed by atoms with Gasteiger partial charge in [-0.05, 0) is 61.2 Å². The minimum Gasteiger partial charge on any atom is -0.341 e. The van der Waals surface area contributed by atoms with Gasteiger partial charge in [0.05, 0.1) is 0 Å². The van der Waals surface area contributed by atoms with Crippen LogP contribution in [0, 0.1) is 5.92 Å². The Morgan fingerprint density at radius 2 is 1.85 bits per heavy atom. The van der Waals surface area contributed by atoms with Crippen LogP contribution in [-0.4, -0.2) is 15.5 Å². The van der Waals surface area contributed by atoms with Crippen molar-refractivity contribution in [2.75, 3.05) is 5.32 Å². The molecule has 0 aliphatic heterocycles. The SMILES string of the molecule is CCn1c2ccccc2c2cc(NC(=O)[C@@H]3C[C@@H]3c3ccncc3)ccc21. The number of aromatic nitrogens is 2. The van der Waals surface area contributed by atoms with Gasteiger partial charge in [0.2, 0.25) is 5.91 Å². The van der Waals surface area contributed by atoms with Gasteiger partial charge in [0.1, 0.15) is 0 Å². The van der Waals surface area contributed by atoms with E-state index in [-0.39, 0.29) is 11.8 Å². The molecule has 0 unspecified atom stereocenters. The first-order valence-electron chi connectivity index (χ1n) is 9.48. The number of anilines is 1. The van der Waals surface area contributed by atoms with Crippen LogP contribution in [0.5, 0.6) is 0 Å². The summed E-state index contributed by atoms with van der Waals surface area (Å²) >= 11 is 0. The minimum absolute atomic E-state index is 0.0556. The molecule has 1 aliphatic rings. The van der Waals surface area contributed by atoms with Gasteiger partial charge < -0.3 is 9.88 Å². The molecule has 1 aliphatic carbocycles. The Hall–Kier alpha value is -3.14. The number of nitrogens with one attached hydrogen (secondary N) is 1. The highest BCUT2D eigenvalue weighted by Crippen LogP contribution is 2.47. The van der Waals surface area contributed by atoms with Crippen molar-refractivity contribution < 1.29 is 4.79 Å². The van der Waals surface area contributed by atoms with Crippen molar-refractivity contribution in [2.24, 2.45) is 5.92 Å². The van der Waals surface area contributed by atoms with Crippen molar-refractivity contribution in [3.8, 4) is 0 Å². The molecular formula is C23H21N3O. The fraction of sp³-hybridized carbons (Fsp3) is 0.217. The fourth-order valence-corrected chi connectivity index (χ4v) is 4.17. The lowest BCUT2D eigenvalue weighted by atomic mass is 10.1. The summed E-state index contributed by atoms with van der Waals surface area (Å²) in [5.74, 6) is 0.481. The molecule has 134 valence electrons. The molecule has 4 heteroatoms. The Bertz CT molecular complexity index is 1150. The lowest BCUT2D eigenvalue weighted by Crippen LogP contribution is -2.14. The third kappa shape index (κ3) is 2.69. The van der Waals surface area contributed by atoms with Gasteiger partial charge in [0.25, 0.3) is 0 Å². The topological polar surface area (TPSA) is 46.9 Å². The zero-order chi connectivity index (χ0) is 18.4. The Kier molecular flexibility index (Phi) is 3.71. The number of nitrogens with zero attached hydrogens (tertiary/aromatic N) is 2. The van der Waals surface area contributed by atoms with Crippen LogP contribution in [0.3, 0.4) is 0 Å². The average molecular weight is 355 g/mol. The molecule has 2 atom stereocenters. The summed E-state index contributed by atoms with van der Waals surface area (Å²) in [5.41, 5.74) is 4.51. The number of para-hydroxylation sites is 1. The number of pyridine rings is 1. The van der Waals surface area contributed by atoms with Crippen LogP contribution in [0.15, 0.2) is 67.0 Å². The molecule has 1 N–H and O–H groups in total. The molecule has 0 spiro atoms. The highest BCUT2D eigenvalue weighted by Gasteiger charge is 2.43. The predicted molar refractivity (Wildman–Crippen MR) is 109 cm³/mol. The highest BCUT2D eigenvalue weighted by atomic mass is 16.2. The minimum atomic E-state index is 0.0556. The Morgan fingerprint density at radius 1 is 1.07 bits per heavy atom. The standard InChI is InChI=1S/C23H21N3O/c1-2-26-21-6-4-3-5-17(21)19-13-16(7-8-22(19)26)25-23(27)20-14-18(20)15-9-11-24-12-10-15/h3-13,18,20H,2,14H2,1H3,(H,25,27)/t18-,20-/m1/s1. The molecule has 1 amide bonds. The van der Waals surface area contributed by atoms with Crippen molar-refractivity contribution in [2.45, 2.75) is 25.8 Å². The van der Waals surface area contributed by atoms with Crippen LogP contribution < -0.4 is 5.32 Å². The largest absolute Gasteiger partial charge is 0.341 e. The number of aryl methyl sites for hydroxylation is 1. The maximum Gasteiger partial charge on any atom is 0.228 e. The maximum atomic E-state index is 12.7. The lowest BCUT2D eigenvalue weighted by Gasteiger charge is -2.07. The van der Waals surface area contributed by atoms with Gasteiger partial charge in [-0.15, -0.1) is 0 Å². The third-order valence-corrected chi connectivity index (χ3v) is 5.62. The molecule has 2 heterocycles. The van der Waals surface area contributed by atoms with Gasteiger partial charge in [-0.2, -0.15) is 0 Å². The summed E-state index contributed by atoms with van der Waals surface area (Å²) in [4.78, 5) is 16.7. The molecule has 27 heavy (non-hydrogen) atoms. The Labute approximate surface area is 157 Å². The van der Waals surface area contributed by atoms with Crippen molar-refractivity contribution in [3.05, 3.63) is 72.6 Å². The van der Waals surface area contributed by atoms with Crippen LogP contribution in [-0.2, 0) is 11.3 Å². The smallest absolute Gasteiger partial charge is 0.228 e. The molecule has 1 fully saturated rings. The zero-order valence-corrected chi connectivity index (χ0v) is 15.2. The summed E-state index contributed by atoms with van der Waals surface area (Å²) in [6, 6.07) is 18.7. The van der Waals surface area contributed by atoms with Crippen LogP contribution in [0.25, 0.3) is 21.8 Å². The average Bonchev–Trinajstić information content (AvgIpc) is 3.46. The van der Waals surface area contributed by atoms with Crippen LogP contribution >= 0.6 is 0 Å². The van der Waals surface area contributed by atoms with Crippen LogP contribution in [0.1, 0.15) is 24.8 Å². The Morgan fingerprint density at radius 3 is 2.67 bits per heavy atom. The number of hydrogen-bond donors (Lipinski definition) is 1. The van der Waals surface area contributed by atoms with E-state index in [1.807, 2.05) is 18.2 Å². The quantitative estimate of drug-likeness (QED) is 0.563. The van der Waals surface area contributed by atoms with Crippen molar-refractivity contribution in [1.29, 1.82) is 0 Å². The molecule has 5 rings (SSSR count). The van der Waals surface area contributed by atoms with Gasteiger partial charge in [0, 0.05) is 52.3 Å². The first-order chi connectivity index (χ1) is 13.3. The normalized spacial score (nSPS) is 18.7. The van der Waals surface area contributed by atoms with E-state index in [2.05, 4.69) is 58.2 Å². The van der Waals surface area contributed by atoms with E-state index in [1.54, 1.807) is 12.4 Å². The summed E-state index contributed by atoms with van der Waals surface area (Å²) < 4.78 is 2.32. The van der Waals surface area contributed by atoms with Gasteiger partial charge in [-0.25, -0.2) is 0 Å². The van der Waals surface area contributed by atoms with E-state index in [9.17, 15) is 4.79 Å². The first-order valence-corrected chi connectivity index (χ1v) is 9.48. The van der Waals surface area contributed by atoms with Crippen molar-refractivity contribution >= 4 is 33.4 Å². The van der Waals surface area contributed by atoms with Crippen LogP contribution in [0.4, 0.5) is 5.69 Å². The molecule has 4 nitrogen and oxygen atoms in total. The summed E-state index contributed by atoms with van der Waals surface area (Å²) in [6.07, 6.45) is 4.49. The monoisotopic (exact) mass is 355 g/mol. The third-order valence-electron chi connectivity index (χ3n) is 5.62. The Balaban J connectivity index is 1.43. The second-order valence-corrected chi connectivity index (χ2v) is 7.21. The number of carbonyl (C=O) groups is 1. The molecule has 0 saturated heterocycles. The number of benzene rings is 2. The first kappa shape index (κ1) is 16.1. The van der Waals surface area contributed by atoms with E-state index < -0.39 is 0 Å². The van der Waals surface area contributed by atoms with E-state index in [0.717, 1.165) is 18.7 Å². The van der Waals surface area contributed by atoms with E-state index in [4.69, 9.17) is 0 Å². The summed E-state index contributed by atoms with van der Waals surface area (Å²) in [5, 5.41) is 5.54. The molecule has 2 aromatic heterocycles. The molecular weight excluding hydrogens is 334 g/mol. The summed E-state index contributed by atoms with van der Waals surface area (Å²) in [7, 11) is 0. The van der Waals surface area contributed by atoms with Gasteiger partial charge in [0.15, 0.2) is 0 Å². The molecule has 1 saturated carbocycles. The molecule has 2 aromatic carbocycles.